The number of para-hydroxylation sites is 1. The molecular weight excluding hydrogens is 397 g/mol. The third-order valence-electron chi connectivity index (χ3n) is 4.79. The summed E-state index contributed by atoms with van der Waals surface area (Å²) in [5.41, 5.74) is 0.808. The molecule has 0 saturated carbocycles. The Morgan fingerprint density at radius 3 is 2.50 bits per heavy atom. The van der Waals surface area contributed by atoms with Gasteiger partial charge in [-0.1, -0.05) is 18.2 Å². The minimum atomic E-state index is -4.51. The van der Waals surface area contributed by atoms with Gasteiger partial charge in [0.05, 0.1) is 47.6 Å². The molecule has 0 aliphatic carbocycles. The summed E-state index contributed by atoms with van der Waals surface area (Å²) >= 11 is 0. The number of carbonyl (C=O) groups is 1. The number of benzene rings is 2. The normalized spacial score (nSPS) is 14.6. The maximum absolute atomic E-state index is 13.2. The lowest BCUT2D eigenvalue weighted by molar-refractivity contribution is -0.137. The van der Waals surface area contributed by atoms with Crippen molar-refractivity contribution in [3.63, 3.8) is 0 Å². The second kappa shape index (κ2) is 8.19. The number of aromatic nitrogens is 2. The van der Waals surface area contributed by atoms with Crippen molar-refractivity contribution in [1.82, 2.24) is 9.78 Å². The van der Waals surface area contributed by atoms with Crippen molar-refractivity contribution in [3.8, 4) is 5.69 Å². The third-order valence-corrected chi connectivity index (χ3v) is 4.79. The highest BCUT2D eigenvalue weighted by molar-refractivity contribution is 6.05. The highest BCUT2D eigenvalue weighted by Crippen LogP contribution is 2.36. The average Bonchev–Trinajstić information content (AvgIpc) is 3.25. The van der Waals surface area contributed by atoms with Crippen LogP contribution in [0.25, 0.3) is 5.69 Å². The van der Waals surface area contributed by atoms with E-state index in [-0.39, 0.29) is 11.3 Å². The largest absolute Gasteiger partial charge is 0.416 e. The molecule has 3 aromatic rings. The van der Waals surface area contributed by atoms with E-state index in [0.29, 0.717) is 32.0 Å². The smallest absolute Gasteiger partial charge is 0.378 e. The molecule has 1 fully saturated rings. The molecule has 2 aromatic carbocycles. The Morgan fingerprint density at radius 1 is 1.07 bits per heavy atom. The number of alkyl halides is 3. The molecule has 1 aliphatic heterocycles. The average molecular weight is 416 g/mol. The van der Waals surface area contributed by atoms with Crippen LogP contribution in [0.3, 0.4) is 0 Å². The van der Waals surface area contributed by atoms with Crippen molar-refractivity contribution in [2.75, 3.05) is 36.5 Å². The first kappa shape index (κ1) is 20.0. The molecule has 1 aromatic heterocycles. The zero-order valence-corrected chi connectivity index (χ0v) is 15.9. The Balaban J connectivity index is 1.62. The summed E-state index contributed by atoms with van der Waals surface area (Å²) < 4.78 is 46.5. The maximum atomic E-state index is 13.2. The number of anilines is 2. The van der Waals surface area contributed by atoms with Crippen LogP contribution >= 0.6 is 0 Å². The Morgan fingerprint density at radius 2 is 1.80 bits per heavy atom. The summed E-state index contributed by atoms with van der Waals surface area (Å²) in [6.45, 7) is 2.00. The predicted octanol–water partition coefficient (Wildman–Crippen LogP) is 3.98. The van der Waals surface area contributed by atoms with E-state index in [1.807, 2.05) is 35.2 Å². The summed E-state index contributed by atoms with van der Waals surface area (Å²) in [5.74, 6) is -0.536. The van der Waals surface area contributed by atoms with Gasteiger partial charge in [-0.05, 0) is 30.3 Å². The van der Waals surface area contributed by atoms with E-state index in [2.05, 4.69) is 10.4 Å². The Bertz CT molecular complexity index is 1030. The number of nitrogens with zero attached hydrogens (tertiary/aromatic N) is 3. The summed E-state index contributed by atoms with van der Waals surface area (Å²) in [6.07, 6.45) is -1.60. The molecule has 4 rings (SSSR count). The first-order valence-corrected chi connectivity index (χ1v) is 9.37. The molecule has 6 nitrogen and oxygen atoms in total. The van der Waals surface area contributed by atoms with Crippen LogP contribution in [-0.2, 0) is 10.9 Å². The number of ether oxygens (including phenoxy) is 1. The topological polar surface area (TPSA) is 59.4 Å². The van der Waals surface area contributed by atoms with Gasteiger partial charge < -0.3 is 15.0 Å². The Labute approximate surface area is 170 Å². The zero-order chi connectivity index (χ0) is 21.1. The molecule has 0 atom stereocenters. The van der Waals surface area contributed by atoms with Gasteiger partial charge in [-0.3, -0.25) is 4.79 Å². The van der Waals surface area contributed by atoms with Crippen molar-refractivity contribution >= 4 is 17.3 Å². The molecule has 1 aliphatic rings. The molecule has 0 bridgehead atoms. The number of rotatable bonds is 4. The molecule has 156 valence electrons. The Kier molecular flexibility index (Phi) is 5.45. The molecular formula is C21H19F3N4O2. The van der Waals surface area contributed by atoms with Gasteiger partial charge in [-0.25, -0.2) is 4.68 Å². The van der Waals surface area contributed by atoms with E-state index in [9.17, 15) is 18.0 Å². The molecule has 1 N–H and O–H groups in total. The molecule has 9 heteroatoms. The fourth-order valence-corrected chi connectivity index (χ4v) is 3.25. The van der Waals surface area contributed by atoms with Gasteiger partial charge in [0, 0.05) is 19.3 Å². The SMILES string of the molecule is O=C(Nc1cc(C(F)(F)F)ccc1N1CCOCC1)c1cnn(-c2ccccc2)c1. The van der Waals surface area contributed by atoms with E-state index >= 15 is 0 Å². The van der Waals surface area contributed by atoms with Crippen LogP contribution < -0.4 is 10.2 Å². The summed E-state index contributed by atoms with van der Waals surface area (Å²) in [6, 6.07) is 12.6. The molecule has 2 heterocycles. The number of hydrogen-bond donors (Lipinski definition) is 1. The molecule has 0 unspecified atom stereocenters. The molecule has 1 saturated heterocycles. The standard InChI is InChI=1S/C21H19F3N4O2/c22-21(23,24)16-6-7-19(27-8-10-30-11-9-27)18(12-16)26-20(29)15-13-25-28(14-15)17-4-2-1-3-5-17/h1-7,12-14H,8-11H2,(H,26,29). The molecule has 0 spiro atoms. The van der Waals surface area contributed by atoms with Crippen molar-refractivity contribution in [2.45, 2.75) is 6.18 Å². The van der Waals surface area contributed by atoms with E-state index < -0.39 is 17.6 Å². The highest BCUT2D eigenvalue weighted by atomic mass is 19.4. The van der Waals surface area contributed by atoms with Crippen LogP contribution in [0, 0.1) is 0 Å². The quantitative estimate of drug-likeness (QED) is 0.699. The number of hydrogen-bond acceptors (Lipinski definition) is 4. The third kappa shape index (κ3) is 4.30. The van der Waals surface area contributed by atoms with E-state index in [1.165, 1.54) is 23.1 Å². The summed E-state index contributed by atoms with van der Waals surface area (Å²) in [4.78, 5) is 14.7. The van der Waals surface area contributed by atoms with Crippen LogP contribution in [0.2, 0.25) is 0 Å². The van der Waals surface area contributed by atoms with Gasteiger partial charge in [0.1, 0.15) is 0 Å². The van der Waals surface area contributed by atoms with Crippen LogP contribution in [-0.4, -0.2) is 42.0 Å². The maximum Gasteiger partial charge on any atom is 0.416 e. The lowest BCUT2D eigenvalue weighted by Gasteiger charge is -2.31. The molecule has 30 heavy (non-hydrogen) atoms. The minimum absolute atomic E-state index is 0.101. The van der Waals surface area contributed by atoms with E-state index in [0.717, 1.165) is 17.8 Å². The van der Waals surface area contributed by atoms with Gasteiger partial charge in [-0.15, -0.1) is 0 Å². The summed E-state index contributed by atoms with van der Waals surface area (Å²) in [7, 11) is 0. The zero-order valence-electron chi connectivity index (χ0n) is 15.9. The van der Waals surface area contributed by atoms with Crippen molar-refractivity contribution < 1.29 is 22.7 Å². The van der Waals surface area contributed by atoms with Gasteiger partial charge >= 0.3 is 6.18 Å². The number of nitrogens with one attached hydrogen (secondary N) is 1. The van der Waals surface area contributed by atoms with Crippen molar-refractivity contribution in [1.29, 1.82) is 0 Å². The Hall–Kier alpha value is -3.33. The van der Waals surface area contributed by atoms with E-state index in [4.69, 9.17) is 4.74 Å². The number of halogens is 3. The second-order valence-corrected chi connectivity index (χ2v) is 6.79. The van der Waals surface area contributed by atoms with Crippen LogP contribution in [0.5, 0.6) is 0 Å². The first-order chi connectivity index (χ1) is 14.4. The first-order valence-electron chi connectivity index (χ1n) is 9.37. The number of carbonyl (C=O) groups excluding carboxylic acids is 1. The second-order valence-electron chi connectivity index (χ2n) is 6.79. The van der Waals surface area contributed by atoms with Crippen LogP contribution in [0.15, 0.2) is 60.9 Å². The molecule has 1 amide bonds. The monoisotopic (exact) mass is 416 g/mol. The number of morpholine rings is 1. The molecule has 0 radical (unpaired) electrons. The minimum Gasteiger partial charge on any atom is -0.378 e. The number of amides is 1. The van der Waals surface area contributed by atoms with Crippen molar-refractivity contribution in [2.24, 2.45) is 0 Å². The fourth-order valence-electron chi connectivity index (χ4n) is 3.25. The summed E-state index contributed by atoms with van der Waals surface area (Å²) in [5, 5.41) is 6.79. The van der Waals surface area contributed by atoms with Gasteiger partial charge in [0.15, 0.2) is 0 Å². The lowest BCUT2D eigenvalue weighted by Crippen LogP contribution is -2.36. The van der Waals surface area contributed by atoms with E-state index in [1.54, 1.807) is 0 Å². The van der Waals surface area contributed by atoms with Gasteiger partial charge in [0.25, 0.3) is 5.91 Å². The predicted molar refractivity (Wildman–Crippen MR) is 106 cm³/mol. The fraction of sp³-hybridized carbons (Fsp3) is 0.238. The lowest BCUT2D eigenvalue weighted by atomic mass is 10.1. The highest BCUT2D eigenvalue weighted by Gasteiger charge is 2.32. The van der Waals surface area contributed by atoms with Gasteiger partial charge in [0.2, 0.25) is 0 Å². The van der Waals surface area contributed by atoms with Gasteiger partial charge in [-0.2, -0.15) is 18.3 Å². The van der Waals surface area contributed by atoms with Crippen LogP contribution in [0.4, 0.5) is 24.5 Å². The van der Waals surface area contributed by atoms with Crippen LogP contribution in [0.1, 0.15) is 15.9 Å². The van der Waals surface area contributed by atoms with Crippen molar-refractivity contribution in [3.05, 3.63) is 72.1 Å².